The summed E-state index contributed by atoms with van der Waals surface area (Å²) in [6.45, 7) is 4.70. The highest BCUT2D eigenvalue weighted by molar-refractivity contribution is 6.30. The van der Waals surface area contributed by atoms with Crippen LogP contribution in [0.3, 0.4) is 0 Å². The number of rotatable bonds is 5. The summed E-state index contributed by atoms with van der Waals surface area (Å²) >= 11 is 0. The zero-order valence-corrected chi connectivity index (χ0v) is 34.6. The van der Waals surface area contributed by atoms with Crippen molar-refractivity contribution in [2.24, 2.45) is 0 Å². The van der Waals surface area contributed by atoms with Crippen molar-refractivity contribution in [1.82, 2.24) is 9.38 Å². The van der Waals surface area contributed by atoms with Crippen molar-refractivity contribution in [1.29, 1.82) is 0 Å². The standard InChI is InChI=1S/C58H37N3O2/c1-58(2)47-20-9-6-15-40(47)41-29-27-38(32-48(41)58)60(36-25-23-34(24-26-36)39-18-12-19-43-42-16-8-11-22-52(42)62-55(39)43)37-28-30-51-45(31-37)46-33-49-56(63-57(59-49)35-13-4-3-5-14-35)53-44-17-7-10-21-50(44)61(51)54(46)53/h3-33H,1-2H3. The topological polar surface area (TPSA) is 46.8 Å². The molecule has 9 aromatic carbocycles. The molecule has 0 N–H and O–H groups in total. The van der Waals surface area contributed by atoms with Crippen molar-refractivity contribution < 1.29 is 8.83 Å². The summed E-state index contributed by atoms with van der Waals surface area (Å²) in [5.74, 6) is 0.628. The summed E-state index contributed by atoms with van der Waals surface area (Å²) in [6, 6.07) is 67.5. The maximum atomic E-state index is 6.67. The number of fused-ring (bicyclic) bond motifs is 14. The van der Waals surface area contributed by atoms with Crippen LogP contribution < -0.4 is 4.90 Å². The molecule has 0 unspecified atom stereocenters. The van der Waals surface area contributed by atoms with E-state index in [4.69, 9.17) is 13.8 Å². The number of furan rings is 1. The molecule has 4 aromatic heterocycles. The first-order valence-electron chi connectivity index (χ1n) is 21.6. The maximum Gasteiger partial charge on any atom is 0.227 e. The molecular weight excluding hydrogens is 771 g/mol. The van der Waals surface area contributed by atoms with Crippen molar-refractivity contribution in [2.75, 3.05) is 4.90 Å². The largest absolute Gasteiger partial charge is 0.455 e. The van der Waals surface area contributed by atoms with Gasteiger partial charge < -0.3 is 18.1 Å². The van der Waals surface area contributed by atoms with Crippen LogP contribution >= 0.6 is 0 Å². The highest BCUT2D eigenvalue weighted by atomic mass is 16.3. The summed E-state index contributed by atoms with van der Waals surface area (Å²) in [5, 5.41) is 6.83. The Hall–Kier alpha value is -8.15. The number of hydrogen-bond acceptors (Lipinski definition) is 4. The molecular formula is C58H37N3O2. The predicted molar refractivity (Wildman–Crippen MR) is 259 cm³/mol. The molecule has 1 aliphatic rings. The van der Waals surface area contributed by atoms with E-state index < -0.39 is 0 Å². The second-order valence-corrected chi connectivity index (χ2v) is 17.5. The van der Waals surface area contributed by atoms with Crippen LogP contribution in [-0.2, 0) is 5.41 Å². The summed E-state index contributed by atoms with van der Waals surface area (Å²) in [6.07, 6.45) is 0. The second-order valence-electron chi connectivity index (χ2n) is 17.5. The van der Waals surface area contributed by atoms with Gasteiger partial charge in [-0.1, -0.05) is 129 Å². The molecule has 296 valence electrons. The number of aromatic nitrogens is 2. The third-order valence-corrected chi connectivity index (χ3v) is 13.7. The van der Waals surface area contributed by atoms with Crippen LogP contribution in [0.2, 0.25) is 0 Å². The van der Waals surface area contributed by atoms with Crippen LogP contribution in [0, 0.1) is 0 Å². The number of oxazole rings is 1. The fourth-order valence-corrected chi connectivity index (χ4v) is 10.8. The minimum atomic E-state index is -0.150. The van der Waals surface area contributed by atoms with Crippen LogP contribution in [0.25, 0.3) is 105 Å². The van der Waals surface area contributed by atoms with E-state index in [1.54, 1.807) is 0 Å². The van der Waals surface area contributed by atoms with Crippen molar-refractivity contribution in [2.45, 2.75) is 19.3 Å². The third-order valence-electron chi connectivity index (χ3n) is 13.7. The van der Waals surface area contributed by atoms with E-state index in [1.807, 2.05) is 30.3 Å². The Morgan fingerprint density at radius 2 is 1.14 bits per heavy atom. The van der Waals surface area contributed by atoms with E-state index in [1.165, 1.54) is 22.3 Å². The fourth-order valence-electron chi connectivity index (χ4n) is 10.8. The minimum absolute atomic E-state index is 0.150. The zero-order valence-electron chi connectivity index (χ0n) is 34.6. The highest BCUT2D eigenvalue weighted by Crippen LogP contribution is 2.52. The van der Waals surface area contributed by atoms with Gasteiger partial charge in [-0.05, 0) is 101 Å². The van der Waals surface area contributed by atoms with Gasteiger partial charge in [-0.15, -0.1) is 0 Å². The van der Waals surface area contributed by atoms with Crippen LogP contribution in [0.1, 0.15) is 25.0 Å². The van der Waals surface area contributed by atoms with Gasteiger partial charge in [0.25, 0.3) is 0 Å². The van der Waals surface area contributed by atoms with Crippen LogP contribution in [0.4, 0.5) is 17.1 Å². The molecule has 0 amide bonds. The monoisotopic (exact) mass is 807 g/mol. The molecule has 0 fully saturated rings. The van der Waals surface area contributed by atoms with Gasteiger partial charge >= 0.3 is 0 Å². The van der Waals surface area contributed by atoms with E-state index in [2.05, 4.69) is 181 Å². The smallest absolute Gasteiger partial charge is 0.227 e. The Morgan fingerprint density at radius 3 is 2.03 bits per heavy atom. The third kappa shape index (κ3) is 4.74. The van der Waals surface area contributed by atoms with Crippen molar-refractivity contribution in [3.63, 3.8) is 0 Å². The van der Waals surface area contributed by atoms with E-state index in [-0.39, 0.29) is 5.41 Å². The number of anilines is 3. The van der Waals surface area contributed by atoms with Gasteiger partial charge in [-0.2, -0.15) is 0 Å². The summed E-state index contributed by atoms with van der Waals surface area (Å²) < 4.78 is 15.6. The summed E-state index contributed by atoms with van der Waals surface area (Å²) in [7, 11) is 0. The average molecular weight is 808 g/mol. The van der Waals surface area contributed by atoms with Gasteiger partial charge in [0, 0.05) is 60.5 Å². The average Bonchev–Trinajstić information content (AvgIpc) is 4.13. The lowest BCUT2D eigenvalue weighted by molar-refractivity contribution is 0.623. The van der Waals surface area contributed by atoms with E-state index in [0.29, 0.717) is 5.89 Å². The zero-order chi connectivity index (χ0) is 41.6. The van der Waals surface area contributed by atoms with Crippen LogP contribution in [0.15, 0.2) is 197 Å². The Bertz CT molecular complexity index is 4000. The molecule has 0 saturated carbocycles. The normalized spacial score (nSPS) is 13.4. The van der Waals surface area contributed by atoms with E-state index >= 15 is 0 Å². The number of para-hydroxylation sites is 3. The lowest BCUT2D eigenvalue weighted by Crippen LogP contribution is -2.16. The van der Waals surface area contributed by atoms with Gasteiger partial charge in [0.2, 0.25) is 5.89 Å². The minimum Gasteiger partial charge on any atom is -0.455 e. The predicted octanol–water partition coefficient (Wildman–Crippen LogP) is 16.0. The lowest BCUT2D eigenvalue weighted by atomic mass is 9.82. The molecule has 0 radical (unpaired) electrons. The Kier molecular flexibility index (Phi) is 6.84. The first kappa shape index (κ1) is 34.6. The molecule has 14 rings (SSSR count). The lowest BCUT2D eigenvalue weighted by Gasteiger charge is -2.28. The van der Waals surface area contributed by atoms with Gasteiger partial charge in [0.05, 0.1) is 21.9 Å². The van der Waals surface area contributed by atoms with Gasteiger partial charge in [-0.25, -0.2) is 4.98 Å². The Morgan fingerprint density at radius 1 is 0.460 bits per heavy atom. The molecule has 0 saturated heterocycles. The molecule has 0 spiro atoms. The number of nitrogens with zero attached hydrogens (tertiary/aromatic N) is 3. The van der Waals surface area contributed by atoms with Gasteiger partial charge in [0.1, 0.15) is 16.7 Å². The summed E-state index contributed by atoms with van der Waals surface area (Å²) in [5.41, 5.74) is 18.5. The molecule has 63 heavy (non-hydrogen) atoms. The Labute approximate surface area is 362 Å². The summed E-state index contributed by atoms with van der Waals surface area (Å²) in [4.78, 5) is 7.53. The van der Waals surface area contributed by atoms with Crippen molar-refractivity contribution in [3.05, 3.63) is 199 Å². The van der Waals surface area contributed by atoms with Crippen LogP contribution in [-0.4, -0.2) is 9.38 Å². The molecule has 5 heteroatoms. The SMILES string of the molecule is CC1(C)c2ccccc2-c2ccc(N(c3ccc(-c4cccc5c4oc4ccccc45)cc3)c3ccc4c(c3)c3cc5nc(-c6ccccc6)oc5c5c6ccccc6n4c35)cc21. The first-order valence-corrected chi connectivity index (χ1v) is 21.6. The molecule has 4 heterocycles. The number of benzene rings is 9. The van der Waals surface area contributed by atoms with Crippen LogP contribution in [0.5, 0.6) is 0 Å². The van der Waals surface area contributed by atoms with Gasteiger partial charge in [0.15, 0.2) is 5.58 Å². The van der Waals surface area contributed by atoms with E-state index in [0.717, 1.165) is 105 Å². The van der Waals surface area contributed by atoms with Gasteiger partial charge in [-0.3, -0.25) is 0 Å². The molecule has 1 aliphatic carbocycles. The van der Waals surface area contributed by atoms with Crippen molar-refractivity contribution in [3.8, 4) is 33.7 Å². The molecule has 5 nitrogen and oxygen atoms in total. The second kappa shape index (κ2) is 12.5. The first-order chi connectivity index (χ1) is 31.0. The molecule has 13 aromatic rings. The fraction of sp³-hybridized carbons (Fsp3) is 0.0517. The molecule has 0 atom stereocenters. The van der Waals surface area contributed by atoms with Crippen molar-refractivity contribution >= 4 is 88.2 Å². The number of hydrogen-bond donors (Lipinski definition) is 0. The maximum absolute atomic E-state index is 6.67. The highest BCUT2D eigenvalue weighted by Gasteiger charge is 2.36. The Balaban J connectivity index is 0.986. The molecule has 0 aliphatic heterocycles. The van der Waals surface area contributed by atoms with E-state index in [9.17, 15) is 0 Å². The molecule has 0 bridgehead atoms. The quantitative estimate of drug-likeness (QED) is 0.174.